The van der Waals surface area contributed by atoms with Gasteiger partial charge in [0.05, 0.1) is 35.9 Å². The van der Waals surface area contributed by atoms with E-state index in [1.165, 1.54) is 12.1 Å². The van der Waals surface area contributed by atoms with Crippen LogP contribution >= 0.6 is 0 Å². The summed E-state index contributed by atoms with van der Waals surface area (Å²) >= 11 is 0. The molecule has 0 saturated heterocycles. The van der Waals surface area contributed by atoms with Crippen LogP contribution < -0.4 is 0 Å². The van der Waals surface area contributed by atoms with Crippen LogP contribution in [0.3, 0.4) is 0 Å². The number of esters is 1. The molecule has 1 fully saturated rings. The number of ether oxygens (including phenoxy) is 1. The van der Waals surface area contributed by atoms with Gasteiger partial charge in [-0.1, -0.05) is 49.4 Å². The van der Waals surface area contributed by atoms with E-state index in [1.807, 2.05) is 37.3 Å². The number of aliphatic hydroxyl groups excluding tert-OH is 2. The fraction of sp³-hybridized carbons (Fsp3) is 0.379. The van der Waals surface area contributed by atoms with E-state index in [4.69, 9.17) is 9.72 Å². The summed E-state index contributed by atoms with van der Waals surface area (Å²) in [6, 6.07) is 14.3. The van der Waals surface area contributed by atoms with Crippen LogP contribution in [0.5, 0.6) is 0 Å². The van der Waals surface area contributed by atoms with E-state index in [-0.39, 0.29) is 24.8 Å². The SMILES string of the molecule is CCC(C)OC(=O)C[C@H](O)C[C@H](O)/C=C/c1c(C2CC2)nc2ccccc2c1-c1ccc(F)cc1. The molecule has 1 aliphatic carbocycles. The lowest BCUT2D eigenvalue weighted by molar-refractivity contribution is -0.150. The van der Waals surface area contributed by atoms with Crippen LogP contribution in [0.2, 0.25) is 0 Å². The van der Waals surface area contributed by atoms with Crippen LogP contribution in [-0.2, 0) is 9.53 Å². The summed E-state index contributed by atoms with van der Waals surface area (Å²) in [4.78, 5) is 16.9. The molecule has 0 amide bonds. The van der Waals surface area contributed by atoms with Gasteiger partial charge in [0.2, 0.25) is 0 Å². The number of hydrogen-bond donors (Lipinski definition) is 2. The third kappa shape index (κ3) is 6.32. The van der Waals surface area contributed by atoms with E-state index >= 15 is 0 Å². The summed E-state index contributed by atoms with van der Waals surface area (Å²) in [5.41, 5.74) is 4.54. The number of carbonyl (C=O) groups is 1. The Labute approximate surface area is 205 Å². The van der Waals surface area contributed by atoms with Crippen molar-refractivity contribution in [2.75, 3.05) is 0 Å². The van der Waals surface area contributed by atoms with Gasteiger partial charge in [0.25, 0.3) is 0 Å². The molecule has 2 N–H and O–H groups in total. The van der Waals surface area contributed by atoms with Crippen LogP contribution in [-0.4, -0.2) is 39.5 Å². The smallest absolute Gasteiger partial charge is 0.308 e. The zero-order chi connectivity index (χ0) is 24.9. The number of fused-ring (bicyclic) bond motifs is 1. The molecule has 1 aromatic heterocycles. The highest BCUT2D eigenvalue weighted by Gasteiger charge is 2.29. The van der Waals surface area contributed by atoms with Crippen LogP contribution in [0.4, 0.5) is 4.39 Å². The molecule has 1 aliphatic rings. The van der Waals surface area contributed by atoms with Crippen molar-refractivity contribution in [1.29, 1.82) is 0 Å². The standard InChI is InChI=1S/C29H32FNO4/c1-3-18(2)35-27(34)17-23(33)16-22(32)14-15-25-28(19-10-12-21(30)13-11-19)24-6-4-5-7-26(24)31-29(25)20-8-9-20/h4-7,10-15,18,20,22-23,32-33H,3,8-9,16-17H2,1-2H3/b15-14+/t18?,22-,23-/m1/s1. The lowest BCUT2D eigenvalue weighted by atomic mass is 9.92. The molecule has 3 atom stereocenters. The van der Waals surface area contributed by atoms with Crippen LogP contribution in [0.15, 0.2) is 54.6 Å². The molecule has 184 valence electrons. The molecule has 0 bridgehead atoms. The minimum atomic E-state index is -1.01. The zero-order valence-corrected chi connectivity index (χ0v) is 20.2. The van der Waals surface area contributed by atoms with Crippen LogP contribution in [0.25, 0.3) is 28.1 Å². The first-order valence-corrected chi connectivity index (χ1v) is 12.3. The maximum Gasteiger partial charge on any atom is 0.308 e. The monoisotopic (exact) mass is 477 g/mol. The van der Waals surface area contributed by atoms with Gasteiger partial charge < -0.3 is 14.9 Å². The largest absolute Gasteiger partial charge is 0.463 e. The lowest BCUT2D eigenvalue weighted by Gasteiger charge is -2.17. The Balaban J connectivity index is 1.63. The van der Waals surface area contributed by atoms with Crippen LogP contribution in [0.1, 0.15) is 63.1 Å². The number of aromatic nitrogens is 1. The Morgan fingerprint density at radius 1 is 1.17 bits per heavy atom. The summed E-state index contributed by atoms with van der Waals surface area (Å²) in [6.45, 7) is 3.72. The Morgan fingerprint density at radius 3 is 2.57 bits per heavy atom. The third-order valence-corrected chi connectivity index (χ3v) is 6.36. The number of carbonyl (C=O) groups excluding carboxylic acids is 1. The number of rotatable bonds is 10. The number of halogens is 1. The highest BCUT2D eigenvalue weighted by molar-refractivity contribution is 5.99. The topological polar surface area (TPSA) is 79.7 Å². The number of aliphatic hydroxyl groups is 2. The van der Waals surface area contributed by atoms with Crippen molar-refractivity contribution in [1.82, 2.24) is 4.98 Å². The minimum absolute atomic E-state index is 0.0117. The van der Waals surface area contributed by atoms with E-state index in [9.17, 15) is 19.4 Å². The molecule has 0 spiro atoms. The average molecular weight is 478 g/mol. The van der Waals surface area contributed by atoms with Gasteiger partial charge in [0.1, 0.15) is 5.82 Å². The molecule has 0 aliphatic heterocycles. The molecule has 5 nitrogen and oxygen atoms in total. The predicted molar refractivity (Wildman–Crippen MR) is 135 cm³/mol. The van der Waals surface area contributed by atoms with Gasteiger partial charge in [-0.3, -0.25) is 9.78 Å². The second-order valence-corrected chi connectivity index (χ2v) is 9.31. The Kier molecular flexibility index (Phi) is 7.93. The van der Waals surface area contributed by atoms with Crippen molar-refractivity contribution in [3.05, 3.63) is 71.7 Å². The number of para-hydroxylation sites is 1. The normalized spacial score (nSPS) is 16.4. The van der Waals surface area contributed by atoms with Gasteiger partial charge in [-0.05, 0) is 49.9 Å². The summed E-state index contributed by atoms with van der Waals surface area (Å²) in [7, 11) is 0. The maximum absolute atomic E-state index is 13.7. The van der Waals surface area contributed by atoms with Crippen molar-refractivity contribution in [3.63, 3.8) is 0 Å². The Morgan fingerprint density at radius 2 is 1.89 bits per heavy atom. The number of hydrogen-bond acceptors (Lipinski definition) is 5. The zero-order valence-electron chi connectivity index (χ0n) is 20.2. The molecule has 3 aromatic rings. The van der Waals surface area contributed by atoms with E-state index in [0.717, 1.165) is 46.1 Å². The van der Waals surface area contributed by atoms with Crippen molar-refractivity contribution in [3.8, 4) is 11.1 Å². The lowest BCUT2D eigenvalue weighted by Crippen LogP contribution is -2.23. The van der Waals surface area contributed by atoms with E-state index in [0.29, 0.717) is 12.3 Å². The van der Waals surface area contributed by atoms with Gasteiger partial charge in [-0.2, -0.15) is 0 Å². The third-order valence-electron chi connectivity index (χ3n) is 6.36. The van der Waals surface area contributed by atoms with Crippen molar-refractivity contribution in [2.24, 2.45) is 0 Å². The highest BCUT2D eigenvalue weighted by atomic mass is 19.1. The summed E-state index contributed by atoms with van der Waals surface area (Å²) in [5.74, 6) is -0.434. The predicted octanol–water partition coefficient (Wildman–Crippen LogP) is 5.78. The van der Waals surface area contributed by atoms with Crippen molar-refractivity contribution in [2.45, 2.75) is 70.2 Å². The first kappa shape index (κ1) is 25.0. The van der Waals surface area contributed by atoms with Gasteiger partial charge in [-0.25, -0.2) is 4.39 Å². The molecule has 1 unspecified atom stereocenters. The van der Waals surface area contributed by atoms with Crippen molar-refractivity contribution < 1.29 is 24.1 Å². The second-order valence-electron chi connectivity index (χ2n) is 9.31. The molecule has 2 aromatic carbocycles. The maximum atomic E-state index is 13.7. The van der Waals surface area contributed by atoms with Gasteiger partial charge >= 0.3 is 5.97 Å². The second kappa shape index (κ2) is 11.1. The summed E-state index contributed by atoms with van der Waals surface area (Å²) in [6.07, 6.45) is 3.95. The first-order chi connectivity index (χ1) is 16.9. The molecule has 35 heavy (non-hydrogen) atoms. The molecule has 0 radical (unpaired) electrons. The molecular weight excluding hydrogens is 445 g/mol. The van der Waals surface area contributed by atoms with Crippen LogP contribution in [0, 0.1) is 5.82 Å². The highest BCUT2D eigenvalue weighted by Crippen LogP contribution is 2.45. The van der Waals surface area contributed by atoms with Gasteiger partial charge in [0, 0.05) is 28.9 Å². The molecule has 1 heterocycles. The molecule has 4 rings (SSSR count). The Hall–Kier alpha value is -3.09. The summed E-state index contributed by atoms with van der Waals surface area (Å²) < 4.78 is 18.9. The first-order valence-electron chi connectivity index (χ1n) is 12.3. The molecule has 6 heteroatoms. The number of benzene rings is 2. The minimum Gasteiger partial charge on any atom is -0.463 e. The fourth-order valence-electron chi connectivity index (χ4n) is 4.21. The fourth-order valence-corrected chi connectivity index (χ4v) is 4.21. The number of pyridine rings is 1. The van der Waals surface area contributed by atoms with Crippen molar-refractivity contribution >= 4 is 22.9 Å². The number of nitrogens with zero attached hydrogens (tertiary/aromatic N) is 1. The van der Waals surface area contributed by atoms with E-state index in [1.54, 1.807) is 25.1 Å². The van der Waals surface area contributed by atoms with Gasteiger partial charge in [0.15, 0.2) is 0 Å². The van der Waals surface area contributed by atoms with E-state index in [2.05, 4.69) is 0 Å². The average Bonchev–Trinajstić information content (AvgIpc) is 3.67. The summed E-state index contributed by atoms with van der Waals surface area (Å²) in [5, 5.41) is 21.8. The quantitative estimate of drug-likeness (QED) is 0.362. The van der Waals surface area contributed by atoms with E-state index < -0.39 is 18.2 Å². The Bertz CT molecular complexity index is 1200. The molecule has 1 saturated carbocycles. The molecular formula is C29H32FNO4. The van der Waals surface area contributed by atoms with Gasteiger partial charge in [-0.15, -0.1) is 0 Å².